The van der Waals surface area contributed by atoms with Gasteiger partial charge >= 0.3 is 0 Å². The normalized spacial score (nSPS) is 19.9. The van der Waals surface area contributed by atoms with Gasteiger partial charge in [0.25, 0.3) is 0 Å². The molecule has 0 bridgehead atoms. The number of rotatable bonds is 6. The molecule has 3 nitrogen and oxygen atoms in total. The Bertz CT molecular complexity index is 283. The highest BCUT2D eigenvalue weighted by molar-refractivity contribution is 5.42. The summed E-state index contributed by atoms with van der Waals surface area (Å²) in [7, 11) is 0. The summed E-state index contributed by atoms with van der Waals surface area (Å²) in [5, 5.41) is 3.36. The highest BCUT2D eigenvalue weighted by Gasteiger charge is 2.14. The highest BCUT2D eigenvalue weighted by Crippen LogP contribution is 2.08. The smallest absolute Gasteiger partial charge is 0.0830 e. The molecule has 1 aliphatic rings. The molecule has 1 saturated heterocycles. The first kappa shape index (κ1) is 11.4. The van der Waals surface area contributed by atoms with Gasteiger partial charge in [0.15, 0.2) is 0 Å². The highest BCUT2D eigenvalue weighted by atomic mass is 16.5. The zero-order chi connectivity index (χ0) is 11.1. The maximum absolute atomic E-state index is 5.68. The summed E-state index contributed by atoms with van der Waals surface area (Å²) in [5.74, 6) is 0. The Morgan fingerprint density at radius 3 is 2.94 bits per heavy atom. The van der Waals surface area contributed by atoms with Gasteiger partial charge in [-0.05, 0) is 25.0 Å². The first-order chi connectivity index (χ1) is 7.95. The van der Waals surface area contributed by atoms with E-state index in [1.165, 1.54) is 5.69 Å². The van der Waals surface area contributed by atoms with Crippen LogP contribution in [0.15, 0.2) is 30.3 Å². The van der Waals surface area contributed by atoms with Gasteiger partial charge in [-0.25, -0.2) is 0 Å². The molecule has 0 aromatic heterocycles. The van der Waals surface area contributed by atoms with Gasteiger partial charge in [0.05, 0.1) is 12.7 Å². The van der Waals surface area contributed by atoms with Gasteiger partial charge in [0.2, 0.25) is 0 Å². The zero-order valence-electron chi connectivity index (χ0n) is 9.52. The van der Waals surface area contributed by atoms with Gasteiger partial charge in [0, 0.05) is 25.4 Å². The van der Waals surface area contributed by atoms with Crippen molar-refractivity contribution in [3.63, 3.8) is 0 Å². The average molecular weight is 221 g/mol. The van der Waals surface area contributed by atoms with Crippen LogP contribution in [-0.2, 0) is 9.47 Å². The van der Waals surface area contributed by atoms with E-state index in [2.05, 4.69) is 17.4 Å². The SMILES string of the molecule is c1ccc(NCCCOC2CCOC2)cc1. The van der Waals surface area contributed by atoms with Crippen molar-refractivity contribution in [2.24, 2.45) is 0 Å². The van der Waals surface area contributed by atoms with E-state index in [0.29, 0.717) is 6.10 Å². The van der Waals surface area contributed by atoms with Crippen LogP contribution in [0.1, 0.15) is 12.8 Å². The fraction of sp³-hybridized carbons (Fsp3) is 0.538. The van der Waals surface area contributed by atoms with Gasteiger partial charge in [-0.3, -0.25) is 0 Å². The van der Waals surface area contributed by atoms with Crippen LogP contribution in [0.2, 0.25) is 0 Å². The van der Waals surface area contributed by atoms with Gasteiger partial charge in [-0.1, -0.05) is 18.2 Å². The molecule has 1 aromatic rings. The molecule has 3 heteroatoms. The van der Waals surface area contributed by atoms with E-state index in [1.807, 2.05) is 18.2 Å². The molecule has 0 radical (unpaired) electrons. The van der Waals surface area contributed by atoms with Crippen molar-refractivity contribution in [1.82, 2.24) is 0 Å². The molecule has 0 saturated carbocycles. The quantitative estimate of drug-likeness (QED) is 0.748. The van der Waals surface area contributed by atoms with Crippen molar-refractivity contribution < 1.29 is 9.47 Å². The number of para-hydroxylation sites is 1. The van der Waals surface area contributed by atoms with Gasteiger partial charge in [0.1, 0.15) is 0 Å². The summed E-state index contributed by atoms with van der Waals surface area (Å²) in [5.41, 5.74) is 1.17. The molecule has 0 spiro atoms. The Kier molecular flexibility index (Phi) is 4.65. The van der Waals surface area contributed by atoms with Crippen molar-refractivity contribution in [2.75, 3.05) is 31.7 Å². The summed E-state index contributed by atoms with van der Waals surface area (Å²) in [6.45, 7) is 3.39. The molecular formula is C13H19NO2. The maximum atomic E-state index is 5.68. The molecule has 0 amide bonds. The molecule has 1 heterocycles. The summed E-state index contributed by atoms with van der Waals surface area (Å²) in [6, 6.07) is 10.2. The van der Waals surface area contributed by atoms with Crippen LogP contribution in [-0.4, -0.2) is 32.5 Å². The first-order valence-electron chi connectivity index (χ1n) is 5.93. The van der Waals surface area contributed by atoms with Crippen molar-refractivity contribution in [3.05, 3.63) is 30.3 Å². The predicted molar refractivity (Wildman–Crippen MR) is 64.7 cm³/mol. The number of hydrogen-bond acceptors (Lipinski definition) is 3. The molecule has 1 atom stereocenters. The fourth-order valence-corrected chi connectivity index (χ4v) is 1.76. The van der Waals surface area contributed by atoms with E-state index >= 15 is 0 Å². The minimum absolute atomic E-state index is 0.330. The molecule has 2 rings (SSSR count). The van der Waals surface area contributed by atoms with E-state index in [-0.39, 0.29) is 0 Å². The predicted octanol–water partition coefficient (Wildman–Crippen LogP) is 2.29. The molecule has 88 valence electrons. The molecule has 1 fully saturated rings. The summed E-state index contributed by atoms with van der Waals surface area (Å²) in [6.07, 6.45) is 2.41. The van der Waals surface area contributed by atoms with E-state index in [0.717, 1.165) is 39.2 Å². The standard InChI is InChI=1S/C13H19NO2/c1-2-5-12(6-3-1)14-8-4-9-16-13-7-10-15-11-13/h1-3,5-6,13-14H,4,7-11H2. The molecule has 1 unspecified atom stereocenters. The second-order valence-electron chi connectivity index (χ2n) is 4.00. The molecular weight excluding hydrogens is 202 g/mol. The van der Waals surface area contributed by atoms with Gasteiger partial charge < -0.3 is 14.8 Å². The Morgan fingerprint density at radius 1 is 1.31 bits per heavy atom. The molecule has 16 heavy (non-hydrogen) atoms. The van der Waals surface area contributed by atoms with Crippen LogP contribution in [0.25, 0.3) is 0 Å². The summed E-state index contributed by atoms with van der Waals surface area (Å²) in [4.78, 5) is 0. The molecule has 1 N–H and O–H groups in total. The number of benzene rings is 1. The summed E-state index contributed by atoms with van der Waals surface area (Å²) < 4.78 is 10.9. The van der Waals surface area contributed by atoms with Gasteiger partial charge in [-0.2, -0.15) is 0 Å². The largest absolute Gasteiger partial charge is 0.385 e. The lowest BCUT2D eigenvalue weighted by Crippen LogP contribution is -2.15. The Balaban J connectivity index is 1.52. The Morgan fingerprint density at radius 2 is 2.19 bits per heavy atom. The lowest BCUT2D eigenvalue weighted by Gasteiger charge is -2.10. The van der Waals surface area contributed by atoms with Crippen LogP contribution >= 0.6 is 0 Å². The molecule has 1 aliphatic heterocycles. The monoisotopic (exact) mass is 221 g/mol. The van der Waals surface area contributed by atoms with Gasteiger partial charge in [-0.15, -0.1) is 0 Å². The number of nitrogens with one attached hydrogen (secondary N) is 1. The molecule has 0 aliphatic carbocycles. The third-order valence-electron chi connectivity index (χ3n) is 2.67. The topological polar surface area (TPSA) is 30.5 Å². The minimum atomic E-state index is 0.330. The maximum Gasteiger partial charge on any atom is 0.0830 e. The van der Waals surface area contributed by atoms with E-state index in [1.54, 1.807) is 0 Å². The third-order valence-corrected chi connectivity index (χ3v) is 2.67. The third kappa shape index (κ3) is 3.83. The minimum Gasteiger partial charge on any atom is -0.385 e. The summed E-state index contributed by atoms with van der Waals surface area (Å²) >= 11 is 0. The van der Waals surface area contributed by atoms with E-state index in [9.17, 15) is 0 Å². The molecule has 1 aromatic carbocycles. The van der Waals surface area contributed by atoms with Crippen molar-refractivity contribution in [1.29, 1.82) is 0 Å². The van der Waals surface area contributed by atoms with Crippen LogP contribution in [0, 0.1) is 0 Å². The number of ether oxygens (including phenoxy) is 2. The Labute approximate surface area is 96.8 Å². The second-order valence-corrected chi connectivity index (χ2v) is 4.00. The van der Waals surface area contributed by atoms with Crippen molar-refractivity contribution >= 4 is 5.69 Å². The zero-order valence-corrected chi connectivity index (χ0v) is 9.52. The lowest BCUT2D eigenvalue weighted by molar-refractivity contribution is 0.0427. The lowest BCUT2D eigenvalue weighted by atomic mass is 10.3. The van der Waals surface area contributed by atoms with E-state index in [4.69, 9.17) is 9.47 Å². The van der Waals surface area contributed by atoms with E-state index < -0.39 is 0 Å². The van der Waals surface area contributed by atoms with Crippen LogP contribution in [0.4, 0.5) is 5.69 Å². The average Bonchev–Trinajstić information content (AvgIpc) is 2.83. The Hall–Kier alpha value is -1.06. The van der Waals surface area contributed by atoms with Crippen LogP contribution in [0.3, 0.4) is 0 Å². The first-order valence-corrected chi connectivity index (χ1v) is 5.93. The van der Waals surface area contributed by atoms with Crippen LogP contribution < -0.4 is 5.32 Å². The second kappa shape index (κ2) is 6.51. The number of anilines is 1. The van der Waals surface area contributed by atoms with Crippen molar-refractivity contribution in [3.8, 4) is 0 Å². The van der Waals surface area contributed by atoms with Crippen LogP contribution in [0.5, 0.6) is 0 Å². The van der Waals surface area contributed by atoms with Crippen molar-refractivity contribution in [2.45, 2.75) is 18.9 Å². The fourth-order valence-electron chi connectivity index (χ4n) is 1.76. The number of hydrogen-bond donors (Lipinski definition) is 1.